The summed E-state index contributed by atoms with van der Waals surface area (Å²) >= 11 is 0. The van der Waals surface area contributed by atoms with Crippen LogP contribution in [0.4, 0.5) is 17.1 Å². The minimum absolute atomic E-state index is 0. The summed E-state index contributed by atoms with van der Waals surface area (Å²) in [7, 11) is 0. The van der Waals surface area contributed by atoms with Gasteiger partial charge in [-0.1, -0.05) is 81.4 Å². The Kier molecular flexibility index (Phi) is 7.99. The fourth-order valence-corrected chi connectivity index (χ4v) is 8.07. The number of pyridine rings is 2. The van der Waals surface area contributed by atoms with E-state index in [9.17, 15) is 0 Å². The molecule has 0 aliphatic heterocycles. The van der Waals surface area contributed by atoms with Gasteiger partial charge >= 0.3 is 21.1 Å². The van der Waals surface area contributed by atoms with E-state index in [-0.39, 0.29) is 26.5 Å². The third kappa shape index (κ3) is 5.17. The molecule has 6 heteroatoms. The van der Waals surface area contributed by atoms with Gasteiger partial charge in [0.1, 0.15) is 5.58 Å². The molecule has 264 valence electrons. The summed E-state index contributed by atoms with van der Waals surface area (Å²) in [6, 6.07) is 47.8. The Morgan fingerprint density at radius 1 is 0.667 bits per heavy atom. The van der Waals surface area contributed by atoms with Crippen LogP contribution in [0.3, 0.4) is 0 Å². The second-order valence-corrected chi connectivity index (χ2v) is 15.0. The Hall–Kier alpha value is -5.77. The van der Waals surface area contributed by atoms with E-state index in [1.807, 2.05) is 24.5 Å². The van der Waals surface area contributed by atoms with Gasteiger partial charge in [0.2, 0.25) is 5.71 Å². The Balaban J connectivity index is 0.00000384. The van der Waals surface area contributed by atoms with Crippen LogP contribution in [0, 0.1) is 26.0 Å². The summed E-state index contributed by atoms with van der Waals surface area (Å²) in [6.07, 6.45) is 3.92. The molecular weight excluding hydrogens is 844 g/mol. The van der Waals surface area contributed by atoms with Crippen LogP contribution >= 0.6 is 0 Å². The first-order valence-electron chi connectivity index (χ1n) is 18.1. The molecule has 5 aromatic carbocycles. The van der Waals surface area contributed by atoms with Crippen molar-refractivity contribution in [3.8, 4) is 22.5 Å². The van der Waals surface area contributed by atoms with Crippen molar-refractivity contribution >= 4 is 66.3 Å². The summed E-state index contributed by atoms with van der Waals surface area (Å²) in [5.74, 6) is 0. The second kappa shape index (κ2) is 12.7. The molecule has 0 unspecified atom stereocenters. The molecule has 10 aromatic rings. The van der Waals surface area contributed by atoms with Crippen molar-refractivity contribution in [3.63, 3.8) is 0 Å². The maximum atomic E-state index is 6.63. The summed E-state index contributed by atoms with van der Waals surface area (Å²) in [6.45, 7) is 11.0. The van der Waals surface area contributed by atoms with Crippen molar-refractivity contribution < 1.29 is 25.5 Å². The van der Waals surface area contributed by atoms with Crippen LogP contribution in [0.2, 0.25) is 0 Å². The molecule has 10 rings (SSSR count). The molecule has 5 aromatic heterocycles. The Morgan fingerprint density at radius 2 is 1.33 bits per heavy atom. The molecule has 0 aliphatic carbocycles. The Morgan fingerprint density at radius 3 is 2.09 bits per heavy atom. The molecule has 0 aliphatic rings. The zero-order chi connectivity index (χ0) is 36.0. The summed E-state index contributed by atoms with van der Waals surface area (Å²) in [4.78, 5) is 12.3. The van der Waals surface area contributed by atoms with Gasteiger partial charge in [0.25, 0.3) is 0 Å². The van der Waals surface area contributed by atoms with Gasteiger partial charge in [0, 0.05) is 39.6 Å². The van der Waals surface area contributed by atoms with Crippen molar-refractivity contribution in [2.75, 3.05) is 4.90 Å². The van der Waals surface area contributed by atoms with E-state index in [1.165, 1.54) is 5.56 Å². The molecule has 5 nitrogen and oxygen atoms in total. The number of para-hydroxylation sites is 3. The number of furan rings is 1. The van der Waals surface area contributed by atoms with E-state index >= 15 is 0 Å². The topological polar surface area (TPSA) is 46.6 Å². The maximum absolute atomic E-state index is 6.63. The molecule has 0 bridgehead atoms. The predicted octanol–water partition coefficient (Wildman–Crippen LogP) is 12.7. The molecule has 0 N–H and O–H groups in total. The largest absolute Gasteiger partial charge is 2.00 e. The third-order valence-electron chi connectivity index (χ3n) is 10.6. The first-order chi connectivity index (χ1) is 25.8. The number of aryl methyl sites for hydroxylation is 2. The number of fused-ring (bicyclic) bond motifs is 8. The molecule has 0 amide bonds. The average molecular weight is 880 g/mol. The fraction of sp³-hybridized carbons (Fsp3) is 0.125. The zero-order valence-corrected chi connectivity index (χ0v) is 32.9. The van der Waals surface area contributed by atoms with Gasteiger partial charge in [-0.15, -0.1) is 59.7 Å². The van der Waals surface area contributed by atoms with E-state index in [4.69, 9.17) is 14.4 Å². The van der Waals surface area contributed by atoms with Gasteiger partial charge in [-0.3, -0.25) is 4.40 Å². The monoisotopic (exact) mass is 879 g/mol. The average Bonchev–Trinajstić information content (AvgIpc) is 3.82. The predicted molar refractivity (Wildman–Crippen MR) is 218 cm³/mol. The fourth-order valence-electron chi connectivity index (χ4n) is 8.07. The summed E-state index contributed by atoms with van der Waals surface area (Å²) < 4.78 is 8.90. The van der Waals surface area contributed by atoms with Crippen LogP contribution in [-0.4, -0.2) is 14.4 Å². The number of benzene rings is 5. The minimum Gasteiger partial charge on any atom is -0.439 e. The quantitative estimate of drug-likeness (QED) is 0.162. The van der Waals surface area contributed by atoms with Crippen LogP contribution in [0.5, 0.6) is 0 Å². The van der Waals surface area contributed by atoms with Crippen molar-refractivity contribution in [2.45, 2.75) is 40.0 Å². The minimum atomic E-state index is 0. The van der Waals surface area contributed by atoms with Crippen LogP contribution in [0.15, 0.2) is 132 Å². The van der Waals surface area contributed by atoms with Gasteiger partial charge in [-0.2, -0.15) is 0 Å². The molecule has 54 heavy (non-hydrogen) atoms. The third-order valence-corrected chi connectivity index (χ3v) is 10.6. The van der Waals surface area contributed by atoms with Gasteiger partial charge < -0.3 is 19.3 Å². The zero-order valence-electron chi connectivity index (χ0n) is 30.6. The number of hydrogen-bond donors (Lipinski definition) is 0. The van der Waals surface area contributed by atoms with Gasteiger partial charge in [0.15, 0.2) is 0 Å². The molecular formula is C48H36N4OPt. The van der Waals surface area contributed by atoms with E-state index in [2.05, 4.69) is 159 Å². The van der Waals surface area contributed by atoms with E-state index in [0.29, 0.717) is 0 Å². The maximum Gasteiger partial charge on any atom is 2.00 e. The first kappa shape index (κ1) is 34.0. The molecule has 0 saturated carbocycles. The second-order valence-electron chi connectivity index (χ2n) is 15.0. The van der Waals surface area contributed by atoms with Crippen LogP contribution in [0.1, 0.15) is 37.5 Å². The van der Waals surface area contributed by atoms with E-state index < -0.39 is 0 Å². The van der Waals surface area contributed by atoms with Crippen molar-refractivity contribution in [2.24, 2.45) is 0 Å². The van der Waals surface area contributed by atoms with Crippen molar-refractivity contribution in [3.05, 3.63) is 156 Å². The number of nitrogens with zero attached hydrogens (tertiary/aromatic N) is 4. The summed E-state index contributed by atoms with van der Waals surface area (Å²) in [5.41, 5.74) is 14.0. The molecule has 0 radical (unpaired) electrons. The smallest absolute Gasteiger partial charge is 0.439 e. The number of hydrogen-bond acceptors (Lipinski definition) is 4. The van der Waals surface area contributed by atoms with Crippen LogP contribution < -0.4 is 4.90 Å². The van der Waals surface area contributed by atoms with Crippen LogP contribution in [-0.2, 0) is 26.5 Å². The Labute approximate surface area is 328 Å². The molecule has 5 heterocycles. The number of aromatic nitrogens is 3. The van der Waals surface area contributed by atoms with Crippen molar-refractivity contribution in [1.29, 1.82) is 0 Å². The molecule has 0 saturated heterocycles. The number of rotatable bonds is 5. The Bertz CT molecular complexity index is 3010. The summed E-state index contributed by atoms with van der Waals surface area (Å²) in [5, 5.41) is 5.49. The molecule has 0 spiro atoms. The molecule has 0 fully saturated rings. The van der Waals surface area contributed by atoms with Crippen LogP contribution in [0.25, 0.3) is 71.8 Å². The van der Waals surface area contributed by atoms with Gasteiger partial charge in [0.05, 0.1) is 11.0 Å². The first-order valence-corrected chi connectivity index (χ1v) is 18.1. The van der Waals surface area contributed by atoms with Gasteiger partial charge in [-0.25, -0.2) is 0 Å². The van der Waals surface area contributed by atoms with E-state index in [0.717, 1.165) is 100.0 Å². The molecule has 0 atom stereocenters. The normalized spacial score (nSPS) is 12.0. The SMILES string of the molecule is Cc1cccc(C)c1N(c1[c-]c(-c2cc(C(C)(C)C)ccn2)ccc1)c1[c-]c(-c2ncc3c4ccccc4n4c5oc6ccccc6c5c2c34)ccc1.[Pt+2]. The van der Waals surface area contributed by atoms with Crippen molar-refractivity contribution in [1.82, 2.24) is 14.4 Å². The number of anilines is 3. The van der Waals surface area contributed by atoms with E-state index in [1.54, 1.807) is 0 Å². The standard InChI is InChI=1S/C48H36N4O.Pt/c1-29-13-10-14-30(2)45(29)51(34-17-11-15-31(25-34)39-27-33(23-24-49-39)48(3,4)5)35-18-12-16-32(26-35)44-43-42-37-20-7-9-22-41(37)53-47(42)52-40-21-8-6-19-36(40)38(28-50-44)46(43)52;/h6-24,27-28H,1-5H3;/q-2;+2. The van der Waals surface area contributed by atoms with Gasteiger partial charge in [-0.05, 0) is 82.3 Å².